The highest BCUT2D eigenvalue weighted by Crippen LogP contribution is 2.30. The number of nitrogens with zero attached hydrogens (tertiary/aromatic N) is 2. The maximum Gasteiger partial charge on any atom is 0.340 e. The van der Waals surface area contributed by atoms with E-state index in [1.54, 1.807) is 24.5 Å². The lowest BCUT2D eigenvalue weighted by molar-refractivity contribution is -0.121. The second kappa shape index (κ2) is 8.29. The van der Waals surface area contributed by atoms with Gasteiger partial charge in [-0.1, -0.05) is 0 Å². The van der Waals surface area contributed by atoms with E-state index >= 15 is 0 Å². The molecular weight excluding hydrogens is 434 g/mol. The highest BCUT2D eigenvalue weighted by molar-refractivity contribution is 7.89. The molecule has 0 aliphatic carbocycles. The Balaban J connectivity index is 1.43. The number of nitrogens with two attached hydrogens (primary N) is 1. The number of sulfonamides is 1. The Hall–Kier alpha value is -3.37. The fourth-order valence-corrected chi connectivity index (χ4v) is 4.47. The van der Waals surface area contributed by atoms with Crippen LogP contribution >= 0.6 is 0 Å². The number of hydrogen-bond acceptors (Lipinski definition) is 6. The molecule has 0 fully saturated rings. The summed E-state index contributed by atoms with van der Waals surface area (Å²) in [6.07, 6.45) is 2.09. The second-order valence-electron chi connectivity index (χ2n) is 7.66. The van der Waals surface area contributed by atoms with E-state index < -0.39 is 22.6 Å². The first-order valence-electron chi connectivity index (χ1n) is 9.97. The predicted molar refractivity (Wildman–Crippen MR) is 116 cm³/mol. The zero-order valence-electron chi connectivity index (χ0n) is 17.7. The van der Waals surface area contributed by atoms with Crippen LogP contribution in [0.3, 0.4) is 0 Å². The molecule has 0 unspecified atom stereocenters. The number of benzene rings is 1. The standard InChI is InChI=1S/C22H23N3O6S/c1-14-10-19(15(2)25(14)12-17-4-3-9-30-17)22(27)31-13-21(26)24-8-7-16-11-18(32(23,28)29)5-6-20(16)24/h3-6,9-11H,7-8,12-13H2,1-2H3,(H2,23,28,29). The van der Waals surface area contributed by atoms with Crippen LogP contribution in [0.15, 0.2) is 52.0 Å². The number of primary sulfonamides is 1. The molecule has 1 amide bonds. The van der Waals surface area contributed by atoms with Gasteiger partial charge in [-0.05, 0) is 62.2 Å². The molecule has 1 aromatic carbocycles. The van der Waals surface area contributed by atoms with Crippen LogP contribution in [0.5, 0.6) is 0 Å². The van der Waals surface area contributed by atoms with Crippen molar-refractivity contribution in [3.05, 3.63) is 70.9 Å². The van der Waals surface area contributed by atoms with E-state index in [1.165, 1.54) is 17.0 Å². The summed E-state index contributed by atoms with van der Waals surface area (Å²) in [6.45, 7) is 4.14. The third-order valence-electron chi connectivity index (χ3n) is 5.59. The number of esters is 1. The van der Waals surface area contributed by atoms with Gasteiger partial charge in [0.05, 0.1) is 23.3 Å². The van der Waals surface area contributed by atoms with Crippen molar-refractivity contribution in [1.82, 2.24) is 4.57 Å². The lowest BCUT2D eigenvalue weighted by Gasteiger charge is -2.17. The lowest BCUT2D eigenvalue weighted by Crippen LogP contribution is -2.33. The van der Waals surface area contributed by atoms with E-state index in [2.05, 4.69) is 0 Å². The third kappa shape index (κ3) is 4.19. The number of aromatic nitrogens is 1. The number of anilines is 1. The van der Waals surface area contributed by atoms with Gasteiger partial charge in [0.25, 0.3) is 5.91 Å². The molecule has 0 bridgehead atoms. The molecule has 1 aliphatic heterocycles. The molecule has 4 rings (SSSR count). The van der Waals surface area contributed by atoms with Crippen LogP contribution < -0.4 is 10.0 Å². The molecule has 0 saturated heterocycles. The van der Waals surface area contributed by atoms with Gasteiger partial charge >= 0.3 is 5.97 Å². The summed E-state index contributed by atoms with van der Waals surface area (Å²) in [5.41, 5.74) is 3.28. The summed E-state index contributed by atoms with van der Waals surface area (Å²) in [5.74, 6) is -0.203. The van der Waals surface area contributed by atoms with Crippen LogP contribution in [0.25, 0.3) is 0 Å². The maximum absolute atomic E-state index is 12.7. The summed E-state index contributed by atoms with van der Waals surface area (Å²) >= 11 is 0. The van der Waals surface area contributed by atoms with Gasteiger partial charge in [0, 0.05) is 23.6 Å². The molecule has 1 aliphatic rings. The van der Waals surface area contributed by atoms with Crippen molar-refractivity contribution in [3.63, 3.8) is 0 Å². The Morgan fingerprint density at radius 1 is 1.19 bits per heavy atom. The minimum Gasteiger partial charge on any atom is -0.467 e. The predicted octanol–water partition coefficient (Wildman–Crippen LogP) is 2.14. The van der Waals surface area contributed by atoms with Crippen molar-refractivity contribution in [2.24, 2.45) is 5.14 Å². The number of aryl methyl sites for hydroxylation is 1. The van der Waals surface area contributed by atoms with Gasteiger partial charge in [0.2, 0.25) is 10.0 Å². The number of rotatable bonds is 6. The van der Waals surface area contributed by atoms with Gasteiger partial charge < -0.3 is 18.6 Å². The Morgan fingerprint density at radius 2 is 1.97 bits per heavy atom. The molecule has 168 valence electrons. The first kappa shape index (κ1) is 21.8. The van der Waals surface area contributed by atoms with E-state index in [0.717, 1.165) is 17.1 Å². The van der Waals surface area contributed by atoms with Crippen LogP contribution in [-0.2, 0) is 32.5 Å². The third-order valence-corrected chi connectivity index (χ3v) is 6.50. The van der Waals surface area contributed by atoms with E-state index in [1.807, 2.05) is 24.5 Å². The molecule has 10 heteroatoms. The zero-order valence-corrected chi connectivity index (χ0v) is 18.5. The number of carbonyl (C=O) groups excluding carboxylic acids is 2. The number of fused-ring (bicyclic) bond motifs is 1. The summed E-state index contributed by atoms with van der Waals surface area (Å²) in [5, 5.41) is 5.17. The Bertz CT molecular complexity index is 1290. The van der Waals surface area contributed by atoms with Gasteiger partial charge in [-0.25, -0.2) is 18.4 Å². The van der Waals surface area contributed by atoms with Crippen molar-refractivity contribution in [3.8, 4) is 0 Å². The van der Waals surface area contributed by atoms with Gasteiger partial charge in [-0.15, -0.1) is 0 Å². The second-order valence-corrected chi connectivity index (χ2v) is 9.22. The average molecular weight is 458 g/mol. The normalized spacial score (nSPS) is 13.3. The van der Waals surface area contributed by atoms with Crippen molar-refractivity contribution in [2.75, 3.05) is 18.1 Å². The first-order chi connectivity index (χ1) is 15.1. The SMILES string of the molecule is Cc1cc(C(=O)OCC(=O)N2CCc3cc(S(N)(=O)=O)ccc32)c(C)n1Cc1ccco1. The Labute approximate surface area is 185 Å². The van der Waals surface area contributed by atoms with E-state index in [0.29, 0.717) is 36.3 Å². The van der Waals surface area contributed by atoms with Crippen LogP contribution in [-0.4, -0.2) is 38.0 Å². The minimum atomic E-state index is -3.82. The quantitative estimate of drug-likeness (QED) is 0.566. The minimum absolute atomic E-state index is 0.00174. The largest absolute Gasteiger partial charge is 0.467 e. The van der Waals surface area contributed by atoms with Crippen molar-refractivity contribution >= 4 is 27.6 Å². The molecule has 9 nitrogen and oxygen atoms in total. The fourth-order valence-electron chi connectivity index (χ4n) is 3.91. The van der Waals surface area contributed by atoms with Gasteiger partial charge in [0.1, 0.15) is 5.76 Å². The molecule has 0 radical (unpaired) electrons. The molecular formula is C22H23N3O6S. The number of amides is 1. The summed E-state index contributed by atoms with van der Waals surface area (Å²) < 4.78 is 35.7. The molecule has 3 heterocycles. The summed E-state index contributed by atoms with van der Waals surface area (Å²) in [7, 11) is -3.82. The fraction of sp³-hybridized carbons (Fsp3) is 0.273. The number of carbonyl (C=O) groups is 2. The first-order valence-corrected chi connectivity index (χ1v) is 11.5. The molecule has 0 atom stereocenters. The smallest absolute Gasteiger partial charge is 0.340 e. The molecule has 0 saturated carbocycles. The van der Waals surface area contributed by atoms with Crippen molar-refractivity contribution in [1.29, 1.82) is 0 Å². The summed E-state index contributed by atoms with van der Waals surface area (Å²) in [4.78, 5) is 26.8. The van der Waals surface area contributed by atoms with E-state index in [4.69, 9.17) is 14.3 Å². The number of furan rings is 1. The van der Waals surface area contributed by atoms with Crippen molar-refractivity contribution < 1.29 is 27.2 Å². The monoisotopic (exact) mass is 457 g/mol. The average Bonchev–Trinajstić information content (AvgIpc) is 3.47. The Kier molecular flexibility index (Phi) is 5.66. The maximum atomic E-state index is 12.7. The van der Waals surface area contributed by atoms with Crippen LogP contribution in [0.4, 0.5) is 5.69 Å². The lowest BCUT2D eigenvalue weighted by atomic mass is 10.2. The van der Waals surface area contributed by atoms with Crippen molar-refractivity contribution in [2.45, 2.75) is 31.7 Å². The Morgan fingerprint density at radius 3 is 2.66 bits per heavy atom. The molecule has 32 heavy (non-hydrogen) atoms. The molecule has 3 aromatic rings. The van der Waals surface area contributed by atoms with Gasteiger partial charge in [-0.3, -0.25) is 4.79 Å². The van der Waals surface area contributed by atoms with Crippen LogP contribution in [0.1, 0.15) is 33.1 Å². The molecule has 0 spiro atoms. The topological polar surface area (TPSA) is 125 Å². The highest BCUT2D eigenvalue weighted by Gasteiger charge is 2.27. The van der Waals surface area contributed by atoms with E-state index in [9.17, 15) is 18.0 Å². The summed E-state index contributed by atoms with van der Waals surface area (Å²) in [6, 6.07) is 9.76. The molecule has 2 aromatic heterocycles. The number of ether oxygens (including phenoxy) is 1. The van der Waals surface area contributed by atoms with Crippen LogP contribution in [0.2, 0.25) is 0 Å². The number of hydrogen-bond donors (Lipinski definition) is 1. The molecule has 2 N–H and O–H groups in total. The van der Waals surface area contributed by atoms with E-state index in [-0.39, 0.29) is 10.8 Å². The van der Waals surface area contributed by atoms with Crippen LogP contribution in [0, 0.1) is 13.8 Å². The highest BCUT2D eigenvalue weighted by atomic mass is 32.2. The van der Waals surface area contributed by atoms with Gasteiger partial charge in [0.15, 0.2) is 6.61 Å². The van der Waals surface area contributed by atoms with Gasteiger partial charge in [-0.2, -0.15) is 0 Å². The zero-order chi connectivity index (χ0) is 23.0.